The molecule has 1 atom stereocenters. The molecule has 32 heavy (non-hydrogen) atoms. The molecule has 4 rings (SSSR count). The molecule has 2 aromatic carbocycles. The van der Waals surface area contributed by atoms with Gasteiger partial charge in [0.1, 0.15) is 0 Å². The van der Waals surface area contributed by atoms with Crippen LogP contribution in [-0.4, -0.2) is 64.3 Å². The van der Waals surface area contributed by atoms with E-state index < -0.39 is 9.84 Å². The molecular formula is C22H23ClN4O3S2. The van der Waals surface area contributed by atoms with E-state index in [2.05, 4.69) is 10.2 Å². The molecule has 0 saturated carbocycles. The van der Waals surface area contributed by atoms with Crippen LogP contribution in [0.2, 0.25) is 5.02 Å². The van der Waals surface area contributed by atoms with Crippen molar-refractivity contribution < 1.29 is 13.2 Å². The molecule has 1 fully saturated rings. The van der Waals surface area contributed by atoms with E-state index >= 15 is 0 Å². The van der Waals surface area contributed by atoms with Gasteiger partial charge in [0, 0.05) is 23.7 Å². The number of carbonyl (C=O) groups excluding carboxylic acids is 1. The molecule has 3 aromatic rings. The van der Waals surface area contributed by atoms with Crippen LogP contribution >= 0.6 is 23.4 Å². The third-order valence-corrected chi connectivity index (χ3v) is 8.48. The number of hydrogen-bond acceptors (Lipinski definition) is 6. The van der Waals surface area contributed by atoms with E-state index in [1.54, 1.807) is 24.1 Å². The first kappa shape index (κ1) is 22.8. The van der Waals surface area contributed by atoms with Crippen LogP contribution in [0.1, 0.15) is 12.0 Å². The number of benzene rings is 2. The molecule has 1 saturated heterocycles. The molecule has 0 bridgehead atoms. The van der Waals surface area contributed by atoms with Crippen LogP contribution in [0.3, 0.4) is 0 Å². The van der Waals surface area contributed by atoms with Crippen molar-refractivity contribution in [3.05, 3.63) is 59.1 Å². The highest BCUT2D eigenvalue weighted by Crippen LogP contribution is 2.30. The summed E-state index contributed by atoms with van der Waals surface area (Å²) in [4.78, 5) is 14.3. The molecule has 0 aliphatic carbocycles. The number of amides is 1. The number of halogens is 1. The van der Waals surface area contributed by atoms with E-state index in [0.717, 1.165) is 16.8 Å². The van der Waals surface area contributed by atoms with Gasteiger partial charge >= 0.3 is 0 Å². The second-order valence-electron chi connectivity index (χ2n) is 7.79. The van der Waals surface area contributed by atoms with Crippen molar-refractivity contribution in [2.75, 3.05) is 24.3 Å². The third kappa shape index (κ3) is 4.84. The van der Waals surface area contributed by atoms with Crippen molar-refractivity contribution >= 4 is 39.1 Å². The Kier molecular flexibility index (Phi) is 6.60. The Morgan fingerprint density at radius 2 is 1.91 bits per heavy atom. The quantitative estimate of drug-likeness (QED) is 0.490. The van der Waals surface area contributed by atoms with E-state index in [-0.39, 0.29) is 29.2 Å². The second kappa shape index (κ2) is 9.25. The minimum atomic E-state index is -3.06. The molecule has 7 nitrogen and oxygen atoms in total. The minimum absolute atomic E-state index is 0.0278. The Hall–Kier alpha value is -2.36. The van der Waals surface area contributed by atoms with Crippen molar-refractivity contribution in [3.8, 4) is 17.1 Å². The summed E-state index contributed by atoms with van der Waals surface area (Å²) in [5.74, 6) is 0.817. The summed E-state index contributed by atoms with van der Waals surface area (Å²) in [5.41, 5.74) is 2.83. The van der Waals surface area contributed by atoms with Gasteiger partial charge in [0.05, 0.1) is 22.9 Å². The zero-order valence-corrected chi connectivity index (χ0v) is 20.1. The van der Waals surface area contributed by atoms with Crippen molar-refractivity contribution in [1.29, 1.82) is 0 Å². The molecule has 1 aliphatic heterocycles. The molecule has 0 unspecified atom stereocenters. The average Bonchev–Trinajstić information content (AvgIpc) is 3.35. The average molecular weight is 491 g/mol. The highest BCUT2D eigenvalue weighted by atomic mass is 35.5. The number of sulfone groups is 1. The molecule has 2 heterocycles. The van der Waals surface area contributed by atoms with Crippen LogP contribution in [0.5, 0.6) is 0 Å². The standard InChI is InChI=1S/C22H23ClN4O3S2/c1-15-5-3-4-6-19(15)27-21(16-7-9-17(23)10-8-16)24-25-22(27)31-13-20(28)26(2)18-11-12-32(29,30)14-18/h3-10,18H,11-14H2,1-2H3/t18-/m1/s1. The van der Waals surface area contributed by atoms with Gasteiger partial charge in [-0.05, 0) is 49.2 Å². The number of thioether (sulfide) groups is 1. The fourth-order valence-electron chi connectivity index (χ4n) is 3.69. The largest absolute Gasteiger partial charge is 0.341 e. The first-order chi connectivity index (χ1) is 15.2. The van der Waals surface area contributed by atoms with Gasteiger partial charge < -0.3 is 4.90 Å². The number of para-hydroxylation sites is 1. The van der Waals surface area contributed by atoms with Crippen molar-refractivity contribution in [3.63, 3.8) is 0 Å². The van der Waals surface area contributed by atoms with Gasteiger partial charge in [0.25, 0.3) is 0 Å². The lowest BCUT2D eigenvalue weighted by atomic mass is 10.1. The smallest absolute Gasteiger partial charge is 0.233 e. The summed E-state index contributed by atoms with van der Waals surface area (Å²) >= 11 is 7.33. The first-order valence-electron chi connectivity index (χ1n) is 10.1. The van der Waals surface area contributed by atoms with E-state index in [9.17, 15) is 13.2 Å². The van der Waals surface area contributed by atoms with E-state index in [1.807, 2.05) is 47.9 Å². The van der Waals surface area contributed by atoms with Gasteiger partial charge in [0.2, 0.25) is 5.91 Å². The van der Waals surface area contributed by atoms with E-state index in [4.69, 9.17) is 11.6 Å². The van der Waals surface area contributed by atoms with E-state index in [1.165, 1.54) is 11.8 Å². The maximum atomic E-state index is 12.8. The number of hydrogen-bond donors (Lipinski definition) is 0. The van der Waals surface area contributed by atoms with Gasteiger partial charge in [-0.1, -0.05) is 41.6 Å². The van der Waals surface area contributed by atoms with Gasteiger partial charge in [-0.2, -0.15) is 0 Å². The lowest BCUT2D eigenvalue weighted by Crippen LogP contribution is -2.38. The first-order valence-corrected chi connectivity index (χ1v) is 13.3. The van der Waals surface area contributed by atoms with Crippen LogP contribution in [0.15, 0.2) is 53.7 Å². The molecule has 168 valence electrons. The molecular weight excluding hydrogens is 468 g/mol. The van der Waals surface area contributed by atoms with Crippen LogP contribution in [-0.2, 0) is 14.6 Å². The Bertz CT molecular complexity index is 1240. The number of aromatic nitrogens is 3. The van der Waals surface area contributed by atoms with Crippen LogP contribution in [0.4, 0.5) is 0 Å². The molecule has 1 amide bonds. The summed E-state index contributed by atoms with van der Waals surface area (Å²) in [6, 6.07) is 15.0. The Labute approximate surface area is 196 Å². The number of rotatable bonds is 6. The zero-order valence-electron chi connectivity index (χ0n) is 17.7. The van der Waals surface area contributed by atoms with Crippen molar-refractivity contribution in [2.45, 2.75) is 24.5 Å². The van der Waals surface area contributed by atoms with Crippen LogP contribution in [0.25, 0.3) is 17.1 Å². The Morgan fingerprint density at radius 3 is 2.56 bits per heavy atom. The van der Waals surface area contributed by atoms with Crippen molar-refractivity contribution in [2.24, 2.45) is 0 Å². The number of nitrogens with zero attached hydrogens (tertiary/aromatic N) is 4. The van der Waals surface area contributed by atoms with Gasteiger partial charge in [-0.3, -0.25) is 9.36 Å². The molecule has 1 aromatic heterocycles. The summed E-state index contributed by atoms with van der Waals surface area (Å²) in [6.45, 7) is 2.01. The summed E-state index contributed by atoms with van der Waals surface area (Å²) < 4.78 is 25.5. The number of carbonyl (C=O) groups is 1. The normalized spacial score (nSPS) is 17.4. The summed E-state index contributed by atoms with van der Waals surface area (Å²) in [7, 11) is -1.39. The monoisotopic (exact) mass is 490 g/mol. The van der Waals surface area contributed by atoms with Crippen LogP contribution in [0, 0.1) is 6.92 Å². The summed E-state index contributed by atoms with van der Waals surface area (Å²) in [5, 5.41) is 9.98. The zero-order chi connectivity index (χ0) is 22.9. The SMILES string of the molecule is Cc1ccccc1-n1c(SCC(=O)N(C)[C@@H]2CCS(=O)(=O)C2)nnc1-c1ccc(Cl)cc1. The highest BCUT2D eigenvalue weighted by Gasteiger charge is 2.32. The molecule has 10 heteroatoms. The molecule has 0 radical (unpaired) electrons. The Balaban J connectivity index is 1.61. The fourth-order valence-corrected chi connectivity index (χ4v) is 6.46. The predicted molar refractivity (Wildman–Crippen MR) is 127 cm³/mol. The van der Waals surface area contributed by atoms with Gasteiger partial charge in [-0.15, -0.1) is 10.2 Å². The molecule has 0 N–H and O–H groups in total. The van der Waals surface area contributed by atoms with Crippen molar-refractivity contribution in [1.82, 2.24) is 19.7 Å². The third-order valence-electron chi connectivity index (χ3n) is 5.57. The summed E-state index contributed by atoms with van der Waals surface area (Å²) in [6.07, 6.45) is 0.481. The Morgan fingerprint density at radius 1 is 1.19 bits per heavy atom. The van der Waals surface area contributed by atoms with E-state index in [0.29, 0.717) is 22.4 Å². The van der Waals surface area contributed by atoms with Crippen LogP contribution < -0.4 is 0 Å². The van der Waals surface area contributed by atoms with Gasteiger partial charge in [0.15, 0.2) is 20.8 Å². The topological polar surface area (TPSA) is 85.2 Å². The maximum Gasteiger partial charge on any atom is 0.233 e. The number of aryl methyl sites for hydroxylation is 1. The molecule has 1 aliphatic rings. The predicted octanol–water partition coefficient (Wildman–Crippen LogP) is 3.63. The van der Waals surface area contributed by atoms with Gasteiger partial charge in [-0.25, -0.2) is 8.42 Å². The fraction of sp³-hybridized carbons (Fsp3) is 0.318. The highest BCUT2D eigenvalue weighted by molar-refractivity contribution is 7.99. The maximum absolute atomic E-state index is 12.8. The lowest BCUT2D eigenvalue weighted by Gasteiger charge is -2.23. The second-order valence-corrected chi connectivity index (χ2v) is 11.4. The molecule has 0 spiro atoms. The lowest BCUT2D eigenvalue weighted by molar-refractivity contribution is -0.128. The minimum Gasteiger partial charge on any atom is -0.341 e.